The number of ether oxygens (including phenoxy) is 1. The maximum atomic E-state index is 12.8. The molecule has 2 unspecified atom stereocenters. The molecule has 7 heteroatoms. The molecule has 2 N–H and O–H groups in total. The second-order valence-corrected chi connectivity index (χ2v) is 9.17. The third-order valence-electron chi connectivity index (χ3n) is 6.95. The van der Waals surface area contributed by atoms with Crippen molar-refractivity contribution in [3.05, 3.63) is 59.7 Å². The molecule has 0 bridgehead atoms. The monoisotopic (exact) mass is 474 g/mol. The molecule has 182 valence electrons. The van der Waals surface area contributed by atoms with Crippen molar-refractivity contribution in [2.24, 2.45) is 5.92 Å². The van der Waals surface area contributed by atoms with Gasteiger partial charge in [-0.2, -0.15) is 0 Å². The highest BCUT2D eigenvalue weighted by Crippen LogP contribution is 2.44. The number of hydrogen-bond donors (Lipinski definition) is 2. The van der Waals surface area contributed by atoms with E-state index in [0.29, 0.717) is 0 Å². The minimum absolute atomic E-state index is 0.0229. The minimum atomic E-state index is -1.11. The lowest BCUT2D eigenvalue weighted by atomic mass is 9.82. The number of alkyl carbamates (subject to hydrolysis) is 1. The van der Waals surface area contributed by atoms with Crippen LogP contribution < -0.4 is 5.32 Å². The number of aliphatic carboxylic acids is 1. The number of terminal acetylenes is 1. The van der Waals surface area contributed by atoms with E-state index in [4.69, 9.17) is 16.3 Å². The Balaban J connectivity index is 1.37. The van der Waals surface area contributed by atoms with Gasteiger partial charge >= 0.3 is 12.1 Å². The lowest BCUT2D eigenvalue weighted by Crippen LogP contribution is -2.45. The highest BCUT2D eigenvalue weighted by molar-refractivity contribution is 5.82. The van der Waals surface area contributed by atoms with Crippen LogP contribution in [-0.2, 0) is 14.3 Å². The molecule has 2 atom stereocenters. The van der Waals surface area contributed by atoms with E-state index >= 15 is 0 Å². The normalized spacial score (nSPS) is 18.6. The average molecular weight is 475 g/mol. The number of carboxylic acid groups (broad SMARTS) is 1. The third kappa shape index (κ3) is 5.65. The van der Waals surface area contributed by atoms with Crippen LogP contribution in [0.5, 0.6) is 0 Å². The summed E-state index contributed by atoms with van der Waals surface area (Å²) in [5.41, 5.74) is 4.63. The summed E-state index contributed by atoms with van der Waals surface area (Å²) in [7, 11) is 0. The van der Waals surface area contributed by atoms with E-state index in [2.05, 4.69) is 35.5 Å². The van der Waals surface area contributed by atoms with Crippen LogP contribution in [0.15, 0.2) is 48.5 Å². The van der Waals surface area contributed by atoms with Crippen molar-refractivity contribution in [3.63, 3.8) is 0 Å². The van der Waals surface area contributed by atoms with E-state index in [1.54, 1.807) is 0 Å². The van der Waals surface area contributed by atoms with Gasteiger partial charge in [0.05, 0.1) is 6.54 Å². The van der Waals surface area contributed by atoms with Gasteiger partial charge in [0.25, 0.3) is 0 Å². The fourth-order valence-corrected chi connectivity index (χ4v) is 5.29. The predicted molar refractivity (Wildman–Crippen MR) is 132 cm³/mol. The molecule has 2 aromatic rings. The van der Waals surface area contributed by atoms with Gasteiger partial charge in [-0.15, -0.1) is 6.42 Å². The first-order valence-corrected chi connectivity index (χ1v) is 12.0. The Hall–Kier alpha value is -3.79. The Morgan fingerprint density at radius 3 is 2.29 bits per heavy atom. The van der Waals surface area contributed by atoms with Crippen LogP contribution in [0.1, 0.15) is 49.1 Å². The fraction of sp³-hybridized carbons (Fsp3) is 0.393. The number of carbonyl (C=O) groups is 3. The van der Waals surface area contributed by atoms with Crippen LogP contribution in [0.3, 0.4) is 0 Å². The van der Waals surface area contributed by atoms with Gasteiger partial charge in [-0.05, 0) is 41.0 Å². The zero-order chi connectivity index (χ0) is 24.8. The smallest absolute Gasteiger partial charge is 0.407 e. The summed E-state index contributed by atoms with van der Waals surface area (Å²) in [6, 6.07) is 16.1. The van der Waals surface area contributed by atoms with Crippen molar-refractivity contribution in [1.29, 1.82) is 0 Å². The van der Waals surface area contributed by atoms with Crippen molar-refractivity contribution in [2.75, 3.05) is 19.7 Å². The number of benzene rings is 2. The van der Waals surface area contributed by atoms with Crippen LogP contribution in [0.25, 0.3) is 11.1 Å². The summed E-state index contributed by atoms with van der Waals surface area (Å²) in [6.45, 7) is -0.257. The summed E-state index contributed by atoms with van der Waals surface area (Å²) in [6.07, 6.45) is 8.37. The summed E-state index contributed by atoms with van der Waals surface area (Å²) in [5, 5.41) is 12.0. The summed E-state index contributed by atoms with van der Waals surface area (Å²) in [5.74, 6) is 0.815. The molecule has 0 aromatic heterocycles. The topological polar surface area (TPSA) is 95.9 Å². The van der Waals surface area contributed by atoms with Gasteiger partial charge in [0, 0.05) is 18.4 Å². The molecule has 0 radical (unpaired) electrons. The van der Waals surface area contributed by atoms with Crippen LogP contribution in [-0.4, -0.2) is 53.7 Å². The molecule has 2 aliphatic carbocycles. The zero-order valence-electron chi connectivity index (χ0n) is 19.6. The average Bonchev–Trinajstić information content (AvgIpc) is 3.17. The second kappa shape index (κ2) is 11.1. The number of fused-ring (bicyclic) bond motifs is 3. The molecule has 0 spiro atoms. The summed E-state index contributed by atoms with van der Waals surface area (Å²) >= 11 is 0. The maximum absolute atomic E-state index is 12.8. The molecule has 1 fully saturated rings. The minimum Gasteiger partial charge on any atom is -0.480 e. The van der Waals surface area contributed by atoms with Crippen molar-refractivity contribution >= 4 is 18.0 Å². The Morgan fingerprint density at radius 2 is 1.66 bits per heavy atom. The summed E-state index contributed by atoms with van der Waals surface area (Å²) < 4.78 is 5.68. The number of hydrogen-bond acceptors (Lipinski definition) is 4. The van der Waals surface area contributed by atoms with E-state index < -0.39 is 18.6 Å². The molecule has 4 rings (SSSR count). The quantitative estimate of drug-likeness (QED) is 0.564. The number of nitrogens with zero attached hydrogens (tertiary/aromatic N) is 1. The Bertz CT molecular complexity index is 1090. The van der Waals surface area contributed by atoms with Gasteiger partial charge in [0.1, 0.15) is 13.2 Å². The maximum Gasteiger partial charge on any atom is 0.407 e. The summed E-state index contributed by atoms with van der Waals surface area (Å²) in [4.78, 5) is 37.8. The largest absolute Gasteiger partial charge is 0.480 e. The lowest BCUT2D eigenvalue weighted by Gasteiger charge is -2.32. The second-order valence-electron chi connectivity index (χ2n) is 9.17. The number of rotatable bonds is 8. The van der Waals surface area contributed by atoms with Gasteiger partial charge in [0.15, 0.2) is 0 Å². The lowest BCUT2D eigenvalue weighted by molar-refractivity contribution is -0.144. The van der Waals surface area contributed by atoms with E-state index in [1.807, 2.05) is 24.3 Å². The van der Waals surface area contributed by atoms with E-state index in [-0.39, 0.29) is 43.4 Å². The molecule has 0 aliphatic heterocycles. The number of amides is 2. The highest BCUT2D eigenvalue weighted by atomic mass is 16.5. The van der Waals surface area contributed by atoms with Gasteiger partial charge in [-0.25, -0.2) is 4.79 Å². The standard InChI is InChI=1S/C28H30N2O5/c1-2-15-30(17-27(32)33)26(31)16-19-9-3-8-14-25(19)29-28(34)35-18-24-22-12-6-4-10-20(22)21-11-5-7-13-23(21)24/h1,4-7,10-13,19,24-25H,3,8-9,14-18H2,(H,29,34)(H,32,33). The number of nitrogens with one attached hydrogen (secondary N) is 1. The number of carbonyl (C=O) groups excluding carboxylic acids is 2. The SMILES string of the molecule is C#CCN(CC(=O)O)C(=O)CC1CCCCC1NC(=O)OCC1c2ccccc2-c2ccccc21. The molecule has 2 amide bonds. The molecule has 0 heterocycles. The Kier molecular flexibility index (Phi) is 7.71. The molecule has 2 aliphatic rings. The van der Waals surface area contributed by atoms with Crippen molar-refractivity contribution in [3.8, 4) is 23.5 Å². The van der Waals surface area contributed by atoms with Crippen molar-refractivity contribution in [1.82, 2.24) is 10.2 Å². The first-order valence-electron chi connectivity index (χ1n) is 12.0. The Labute approximate surface area is 205 Å². The molecule has 0 saturated heterocycles. The number of carboxylic acids is 1. The van der Waals surface area contributed by atoms with E-state index in [9.17, 15) is 14.4 Å². The third-order valence-corrected chi connectivity index (χ3v) is 6.95. The highest BCUT2D eigenvalue weighted by Gasteiger charge is 2.32. The molecule has 1 saturated carbocycles. The van der Waals surface area contributed by atoms with Crippen molar-refractivity contribution < 1.29 is 24.2 Å². The van der Waals surface area contributed by atoms with E-state index in [1.165, 1.54) is 16.0 Å². The van der Waals surface area contributed by atoms with Gasteiger partial charge in [0.2, 0.25) is 5.91 Å². The fourth-order valence-electron chi connectivity index (χ4n) is 5.29. The van der Waals surface area contributed by atoms with Gasteiger partial charge < -0.3 is 20.1 Å². The molecular formula is C28H30N2O5. The van der Waals surface area contributed by atoms with Gasteiger partial charge in [-0.1, -0.05) is 67.3 Å². The van der Waals surface area contributed by atoms with Crippen LogP contribution >= 0.6 is 0 Å². The molecular weight excluding hydrogens is 444 g/mol. The molecule has 35 heavy (non-hydrogen) atoms. The zero-order valence-corrected chi connectivity index (χ0v) is 19.6. The molecule has 2 aromatic carbocycles. The first kappa shape index (κ1) is 24.3. The van der Waals surface area contributed by atoms with E-state index in [0.717, 1.165) is 36.8 Å². The molecule has 7 nitrogen and oxygen atoms in total. The van der Waals surface area contributed by atoms with Crippen LogP contribution in [0, 0.1) is 18.3 Å². The van der Waals surface area contributed by atoms with Gasteiger partial charge in [-0.3, -0.25) is 9.59 Å². The van der Waals surface area contributed by atoms with Crippen LogP contribution in [0.4, 0.5) is 4.79 Å². The van der Waals surface area contributed by atoms with Crippen molar-refractivity contribution in [2.45, 2.75) is 44.1 Å². The predicted octanol–water partition coefficient (Wildman–Crippen LogP) is 4.02. The first-order chi connectivity index (χ1) is 17.0. The Morgan fingerprint density at radius 1 is 1.03 bits per heavy atom. The van der Waals surface area contributed by atoms with Crippen LogP contribution in [0.2, 0.25) is 0 Å².